The second kappa shape index (κ2) is 13.0. The van der Waals surface area contributed by atoms with Crippen LogP contribution in [-0.2, 0) is 9.59 Å². The van der Waals surface area contributed by atoms with Gasteiger partial charge in [-0.05, 0) is 75.1 Å². The van der Waals surface area contributed by atoms with Gasteiger partial charge in [-0.1, -0.05) is 25.1 Å². The number of carbonyl (C=O) groups is 2. The number of benzene rings is 2. The van der Waals surface area contributed by atoms with Crippen LogP contribution in [-0.4, -0.2) is 90.6 Å². The molecule has 4 rings (SSSR count). The summed E-state index contributed by atoms with van der Waals surface area (Å²) in [5, 5.41) is 3.39. The highest BCUT2D eigenvalue weighted by Gasteiger charge is 2.43. The summed E-state index contributed by atoms with van der Waals surface area (Å²) in [7, 11) is 2.15. The highest BCUT2D eigenvalue weighted by atomic mass is 32.1. The topological polar surface area (TPSA) is 68.4 Å². The van der Waals surface area contributed by atoms with Gasteiger partial charge in [-0.2, -0.15) is 0 Å². The number of nitrogens with zero attached hydrogens (tertiary/aromatic N) is 4. The lowest BCUT2D eigenvalue weighted by Crippen LogP contribution is -2.45. The number of anilines is 2. The van der Waals surface area contributed by atoms with E-state index < -0.39 is 6.04 Å². The van der Waals surface area contributed by atoms with Crippen molar-refractivity contribution in [2.45, 2.75) is 32.2 Å². The van der Waals surface area contributed by atoms with Crippen molar-refractivity contribution < 1.29 is 14.3 Å². The van der Waals surface area contributed by atoms with Crippen molar-refractivity contribution in [1.29, 1.82) is 0 Å². The van der Waals surface area contributed by atoms with Gasteiger partial charge >= 0.3 is 0 Å². The number of carbonyl (C=O) groups excluding carboxylic acids is 2. The number of piperazine rings is 1. The molecule has 2 aromatic carbocycles. The van der Waals surface area contributed by atoms with Gasteiger partial charge in [0, 0.05) is 38.4 Å². The number of thiocarbonyl (C=S) groups is 1. The molecule has 2 aromatic rings. The zero-order valence-corrected chi connectivity index (χ0v) is 22.6. The summed E-state index contributed by atoms with van der Waals surface area (Å²) in [5.41, 5.74) is 1.40. The van der Waals surface area contributed by atoms with Gasteiger partial charge in [-0.15, -0.1) is 0 Å². The highest BCUT2D eigenvalue weighted by Crippen LogP contribution is 2.27. The smallest absolute Gasteiger partial charge is 0.256 e. The van der Waals surface area contributed by atoms with Crippen molar-refractivity contribution in [3.8, 4) is 5.75 Å². The summed E-state index contributed by atoms with van der Waals surface area (Å²) in [4.78, 5) is 34.9. The third-order valence-corrected chi connectivity index (χ3v) is 7.21. The summed E-state index contributed by atoms with van der Waals surface area (Å²) in [6.07, 6.45) is 1.84. The third kappa shape index (κ3) is 7.06. The summed E-state index contributed by atoms with van der Waals surface area (Å²) in [5.74, 6) is 0.387. The fraction of sp³-hybridized carbons (Fsp3) is 0.464. The summed E-state index contributed by atoms with van der Waals surface area (Å²) in [6.45, 7) is 8.50. The molecular formula is C28H37N5O3S. The Hall–Kier alpha value is -3.01. The zero-order valence-electron chi connectivity index (χ0n) is 21.8. The largest absolute Gasteiger partial charge is 0.494 e. The Morgan fingerprint density at radius 3 is 2.41 bits per heavy atom. The van der Waals surface area contributed by atoms with E-state index >= 15 is 0 Å². The Labute approximate surface area is 225 Å². The first-order valence-corrected chi connectivity index (χ1v) is 13.5. The van der Waals surface area contributed by atoms with Crippen LogP contribution >= 0.6 is 12.2 Å². The van der Waals surface area contributed by atoms with Crippen molar-refractivity contribution in [2.75, 3.05) is 63.1 Å². The lowest BCUT2D eigenvalue weighted by atomic mass is 10.1. The standard InChI is InChI=1S/C28H37N5O3S/c1-3-20-36-24-12-10-22(11-13-24)29-26(34)21-25-27(35)33(23-8-5-4-6-9-23)28(37)32(25)15-7-14-31-18-16-30(2)17-19-31/h4-6,8-13,25H,3,7,14-21H2,1-2H3,(H,29,34). The van der Waals surface area contributed by atoms with E-state index in [0.29, 0.717) is 24.0 Å². The van der Waals surface area contributed by atoms with E-state index in [4.69, 9.17) is 17.0 Å². The molecule has 2 aliphatic rings. The summed E-state index contributed by atoms with van der Waals surface area (Å²) >= 11 is 5.78. The van der Waals surface area contributed by atoms with Crippen LogP contribution in [0.2, 0.25) is 0 Å². The van der Waals surface area contributed by atoms with Crippen LogP contribution in [0.15, 0.2) is 54.6 Å². The van der Waals surface area contributed by atoms with Crippen molar-refractivity contribution in [2.24, 2.45) is 0 Å². The Kier molecular flexibility index (Phi) is 9.49. The van der Waals surface area contributed by atoms with Gasteiger partial charge in [0.05, 0.1) is 18.7 Å². The lowest BCUT2D eigenvalue weighted by Gasteiger charge is -2.33. The maximum Gasteiger partial charge on any atom is 0.256 e. The van der Waals surface area contributed by atoms with Crippen molar-refractivity contribution in [3.63, 3.8) is 0 Å². The number of nitrogens with one attached hydrogen (secondary N) is 1. The zero-order chi connectivity index (χ0) is 26.2. The van der Waals surface area contributed by atoms with Crippen molar-refractivity contribution >= 4 is 40.5 Å². The van der Waals surface area contributed by atoms with Gasteiger partial charge in [0.25, 0.3) is 5.91 Å². The van der Waals surface area contributed by atoms with Crippen molar-refractivity contribution in [1.82, 2.24) is 14.7 Å². The molecule has 0 radical (unpaired) electrons. The lowest BCUT2D eigenvalue weighted by molar-refractivity contribution is -0.124. The minimum atomic E-state index is -0.632. The second-order valence-corrected chi connectivity index (χ2v) is 9.99. The monoisotopic (exact) mass is 523 g/mol. The molecule has 9 heteroatoms. The number of amides is 2. The average Bonchev–Trinajstić information content (AvgIpc) is 3.13. The van der Waals surface area contributed by atoms with E-state index in [1.807, 2.05) is 59.5 Å². The van der Waals surface area contributed by atoms with Crippen LogP contribution in [0.1, 0.15) is 26.2 Å². The van der Waals surface area contributed by atoms with Crippen LogP contribution < -0.4 is 15.0 Å². The Morgan fingerprint density at radius 2 is 1.73 bits per heavy atom. The van der Waals surface area contributed by atoms with Gasteiger partial charge in [-0.3, -0.25) is 14.5 Å². The molecule has 2 fully saturated rings. The molecule has 0 spiro atoms. The van der Waals surface area contributed by atoms with E-state index in [2.05, 4.69) is 29.1 Å². The Bertz CT molecular complexity index is 1060. The Balaban J connectivity index is 1.41. The summed E-state index contributed by atoms with van der Waals surface area (Å²) < 4.78 is 5.61. The number of ether oxygens (including phenoxy) is 1. The molecule has 0 bridgehead atoms. The molecule has 2 aliphatic heterocycles. The van der Waals surface area contributed by atoms with Crippen LogP contribution in [0.3, 0.4) is 0 Å². The normalized spacial score (nSPS) is 18.9. The van der Waals surface area contributed by atoms with E-state index in [0.717, 1.165) is 57.0 Å². The van der Waals surface area contributed by atoms with Crippen molar-refractivity contribution in [3.05, 3.63) is 54.6 Å². The van der Waals surface area contributed by atoms with Crippen LogP contribution in [0.4, 0.5) is 11.4 Å². The molecule has 198 valence electrons. The third-order valence-electron chi connectivity index (χ3n) is 6.79. The fourth-order valence-electron chi connectivity index (χ4n) is 4.68. The molecule has 2 saturated heterocycles. The van der Waals surface area contributed by atoms with Gasteiger partial charge in [-0.25, -0.2) is 0 Å². The predicted molar refractivity (Wildman–Crippen MR) is 151 cm³/mol. The maximum atomic E-state index is 13.5. The predicted octanol–water partition coefficient (Wildman–Crippen LogP) is 3.44. The first-order valence-electron chi connectivity index (χ1n) is 13.1. The first kappa shape index (κ1) is 27.0. The number of hydrogen-bond donors (Lipinski definition) is 1. The van der Waals surface area contributed by atoms with E-state index in [-0.39, 0.29) is 18.2 Å². The molecule has 1 N–H and O–H groups in total. The number of likely N-dealkylation sites (N-methyl/N-ethyl adjacent to an activating group) is 1. The molecule has 1 atom stereocenters. The van der Waals surface area contributed by atoms with E-state index in [1.165, 1.54) is 0 Å². The number of para-hydroxylation sites is 1. The van der Waals surface area contributed by atoms with Gasteiger partial charge in [0.2, 0.25) is 5.91 Å². The fourth-order valence-corrected chi connectivity index (χ4v) is 5.09. The van der Waals surface area contributed by atoms with Crippen LogP contribution in [0.5, 0.6) is 5.75 Å². The molecule has 2 amide bonds. The van der Waals surface area contributed by atoms with Gasteiger partial charge in [0.15, 0.2) is 5.11 Å². The molecule has 8 nitrogen and oxygen atoms in total. The molecule has 2 heterocycles. The van der Waals surface area contributed by atoms with Crippen LogP contribution in [0.25, 0.3) is 0 Å². The van der Waals surface area contributed by atoms with Crippen LogP contribution in [0, 0.1) is 0 Å². The average molecular weight is 524 g/mol. The van der Waals surface area contributed by atoms with Gasteiger partial charge in [0.1, 0.15) is 11.8 Å². The molecule has 0 aromatic heterocycles. The second-order valence-electron chi connectivity index (χ2n) is 9.62. The molecule has 0 saturated carbocycles. The van der Waals surface area contributed by atoms with E-state index in [9.17, 15) is 9.59 Å². The number of rotatable bonds is 11. The molecular weight excluding hydrogens is 486 g/mol. The minimum absolute atomic E-state index is 0.0326. The molecule has 1 unspecified atom stereocenters. The Morgan fingerprint density at radius 1 is 1.03 bits per heavy atom. The first-order chi connectivity index (χ1) is 18.0. The number of hydrogen-bond acceptors (Lipinski definition) is 6. The summed E-state index contributed by atoms with van der Waals surface area (Å²) in [6, 6.07) is 16.1. The van der Waals surface area contributed by atoms with Gasteiger partial charge < -0.3 is 24.8 Å². The quantitative estimate of drug-likeness (QED) is 0.453. The maximum absolute atomic E-state index is 13.5. The highest BCUT2D eigenvalue weighted by molar-refractivity contribution is 7.80. The SMILES string of the molecule is CCCOc1ccc(NC(=O)CC2C(=O)N(c3ccccc3)C(=S)N2CCCN2CCN(C)CC2)cc1. The van der Waals surface area contributed by atoms with E-state index in [1.54, 1.807) is 4.90 Å². The molecule has 37 heavy (non-hydrogen) atoms. The molecule has 0 aliphatic carbocycles. The minimum Gasteiger partial charge on any atom is -0.494 e.